The third-order valence-corrected chi connectivity index (χ3v) is 2.25. The van der Waals surface area contributed by atoms with Crippen LogP contribution in [0, 0.1) is 0 Å². The minimum atomic E-state index is -0.771. The molecular weight excluding hydrogens is 238 g/mol. The van der Waals surface area contributed by atoms with Gasteiger partial charge in [0.05, 0.1) is 6.61 Å². The second-order valence-corrected chi connectivity index (χ2v) is 3.58. The number of esters is 1. The van der Waals surface area contributed by atoms with E-state index in [1.807, 2.05) is 6.92 Å². The molecule has 0 aliphatic rings. The molecule has 0 atom stereocenters. The fourth-order valence-electron chi connectivity index (χ4n) is 1.50. The summed E-state index contributed by atoms with van der Waals surface area (Å²) in [6.07, 6.45) is 2.26. The van der Waals surface area contributed by atoms with Gasteiger partial charge in [-0.3, -0.25) is 4.79 Å². The lowest BCUT2D eigenvalue weighted by Gasteiger charge is -2.01. The average Bonchev–Trinajstić information content (AvgIpc) is 2.72. The number of ether oxygens (including phenoxy) is 1. The normalized spacial score (nSPS) is 10.8. The number of rotatable bonds is 4. The summed E-state index contributed by atoms with van der Waals surface area (Å²) in [5.74, 6) is -0.456. The number of fused-ring (bicyclic) bond motifs is 1. The topological polar surface area (TPSA) is 91.4 Å². The highest BCUT2D eigenvalue weighted by molar-refractivity contribution is 5.86. The molecule has 0 amide bonds. The number of aryl methyl sites for hydroxylation is 1. The zero-order chi connectivity index (χ0) is 13.1. The van der Waals surface area contributed by atoms with Crippen molar-refractivity contribution in [3.05, 3.63) is 22.4 Å². The molecule has 0 aliphatic carbocycles. The van der Waals surface area contributed by atoms with Gasteiger partial charge in [-0.1, -0.05) is 6.92 Å². The summed E-state index contributed by atoms with van der Waals surface area (Å²) in [5.41, 5.74) is -1.03. The quantitative estimate of drug-likeness (QED) is 0.703. The first kappa shape index (κ1) is 12.2. The second kappa shape index (κ2) is 4.94. The Balaban J connectivity index is 2.51. The van der Waals surface area contributed by atoms with Gasteiger partial charge < -0.3 is 4.74 Å². The Kier molecular flexibility index (Phi) is 3.35. The lowest BCUT2D eigenvalue weighted by Crippen LogP contribution is -2.25. The van der Waals surface area contributed by atoms with Crippen LogP contribution in [0.5, 0.6) is 0 Å². The summed E-state index contributed by atoms with van der Waals surface area (Å²) in [6.45, 7) is 4.44. The van der Waals surface area contributed by atoms with Gasteiger partial charge in [-0.25, -0.2) is 9.48 Å². The third kappa shape index (κ3) is 2.08. The molecule has 0 saturated heterocycles. The zero-order valence-corrected chi connectivity index (χ0v) is 10.2. The van der Waals surface area contributed by atoms with Crippen molar-refractivity contribution in [1.82, 2.24) is 24.4 Å². The highest BCUT2D eigenvalue weighted by Gasteiger charge is 2.17. The predicted molar refractivity (Wildman–Crippen MR) is 61.3 cm³/mol. The number of nitrogens with zero attached hydrogens (tertiary/aromatic N) is 5. The van der Waals surface area contributed by atoms with Gasteiger partial charge in [0, 0.05) is 6.54 Å². The molecular formula is C10H13N5O3. The van der Waals surface area contributed by atoms with Crippen molar-refractivity contribution < 1.29 is 9.53 Å². The first-order chi connectivity index (χ1) is 8.67. The molecule has 2 aromatic heterocycles. The fourth-order valence-corrected chi connectivity index (χ4v) is 1.50. The number of aromatic nitrogens is 5. The standard InChI is InChI=1S/C10H13N5O3/c1-3-5-14-10-12-8(16)7(9(17)18-4-2)13-15(10)6-11-14/h6H,3-5H2,1-2H3. The summed E-state index contributed by atoms with van der Waals surface area (Å²) < 4.78 is 7.58. The molecule has 0 unspecified atom stereocenters. The van der Waals surface area contributed by atoms with E-state index in [1.54, 1.807) is 11.6 Å². The molecule has 96 valence electrons. The minimum Gasteiger partial charge on any atom is -0.461 e. The van der Waals surface area contributed by atoms with Gasteiger partial charge >= 0.3 is 11.5 Å². The molecule has 0 bridgehead atoms. The molecule has 0 aromatic carbocycles. The molecule has 0 N–H and O–H groups in total. The molecule has 0 aliphatic heterocycles. The maximum atomic E-state index is 11.7. The first-order valence-electron chi connectivity index (χ1n) is 5.67. The average molecular weight is 251 g/mol. The Bertz CT molecular complexity index is 630. The molecule has 0 saturated carbocycles. The van der Waals surface area contributed by atoms with E-state index in [4.69, 9.17) is 4.74 Å². The zero-order valence-electron chi connectivity index (χ0n) is 10.2. The minimum absolute atomic E-state index is 0.178. The van der Waals surface area contributed by atoms with Crippen molar-refractivity contribution in [3.8, 4) is 0 Å². The van der Waals surface area contributed by atoms with Gasteiger partial charge in [0.15, 0.2) is 0 Å². The second-order valence-electron chi connectivity index (χ2n) is 3.58. The summed E-state index contributed by atoms with van der Waals surface area (Å²) >= 11 is 0. The van der Waals surface area contributed by atoms with Crippen LogP contribution in [0.25, 0.3) is 5.78 Å². The number of hydrogen-bond acceptors (Lipinski definition) is 6. The van der Waals surface area contributed by atoms with Crippen molar-refractivity contribution >= 4 is 11.7 Å². The number of hydrogen-bond donors (Lipinski definition) is 0. The van der Waals surface area contributed by atoms with Crippen LogP contribution in [0.4, 0.5) is 0 Å². The van der Waals surface area contributed by atoms with Crippen LogP contribution >= 0.6 is 0 Å². The first-order valence-corrected chi connectivity index (χ1v) is 5.67. The maximum absolute atomic E-state index is 11.7. The van der Waals surface area contributed by atoms with Gasteiger partial charge in [0.1, 0.15) is 6.33 Å². The third-order valence-electron chi connectivity index (χ3n) is 2.25. The van der Waals surface area contributed by atoms with Gasteiger partial charge in [0.25, 0.3) is 5.78 Å². The smallest absolute Gasteiger partial charge is 0.364 e. The summed E-state index contributed by atoms with van der Waals surface area (Å²) in [7, 11) is 0. The molecule has 18 heavy (non-hydrogen) atoms. The molecule has 2 heterocycles. The lowest BCUT2D eigenvalue weighted by molar-refractivity contribution is 0.0515. The Morgan fingerprint density at radius 1 is 1.44 bits per heavy atom. The Morgan fingerprint density at radius 3 is 2.89 bits per heavy atom. The molecule has 0 radical (unpaired) electrons. The largest absolute Gasteiger partial charge is 0.461 e. The molecule has 0 spiro atoms. The molecule has 2 aromatic rings. The summed E-state index contributed by atoms with van der Waals surface area (Å²) in [4.78, 5) is 27.0. The monoisotopic (exact) mass is 251 g/mol. The van der Waals surface area contributed by atoms with Crippen LogP contribution in [-0.2, 0) is 11.3 Å². The van der Waals surface area contributed by atoms with Crippen LogP contribution in [0.1, 0.15) is 30.8 Å². The summed E-state index contributed by atoms with van der Waals surface area (Å²) in [5, 5.41) is 7.92. The summed E-state index contributed by atoms with van der Waals surface area (Å²) in [6, 6.07) is 0. The SMILES string of the molecule is CCCn1ncn2nc(C(=O)OCC)c(=O)nc12. The van der Waals surface area contributed by atoms with E-state index in [1.165, 1.54) is 10.8 Å². The Morgan fingerprint density at radius 2 is 2.22 bits per heavy atom. The van der Waals surface area contributed by atoms with Gasteiger partial charge in [-0.05, 0) is 13.3 Å². The van der Waals surface area contributed by atoms with Gasteiger partial charge in [0.2, 0.25) is 5.69 Å². The molecule has 0 fully saturated rings. The fraction of sp³-hybridized carbons (Fsp3) is 0.500. The van der Waals surface area contributed by atoms with Crippen LogP contribution in [0.15, 0.2) is 11.1 Å². The van der Waals surface area contributed by atoms with Crippen LogP contribution in [-0.4, -0.2) is 37.0 Å². The lowest BCUT2D eigenvalue weighted by atomic mass is 10.4. The maximum Gasteiger partial charge on any atom is 0.364 e. The number of carbonyl (C=O) groups is 1. The van der Waals surface area contributed by atoms with Crippen LogP contribution in [0.2, 0.25) is 0 Å². The molecule has 8 heteroatoms. The number of carbonyl (C=O) groups excluding carboxylic acids is 1. The molecule has 8 nitrogen and oxygen atoms in total. The van der Waals surface area contributed by atoms with E-state index < -0.39 is 11.5 Å². The predicted octanol–water partition coefficient (Wildman–Crippen LogP) is -0.127. The van der Waals surface area contributed by atoms with Crippen molar-refractivity contribution in [3.63, 3.8) is 0 Å². The van der Waals surface area contributed by atoms with Crippen LogP contribution in [0.3, 0.4) is 0 Å². The van der Waals surface area contributed by atoms with Crippen LogP contribution < -0.4 is 5.56 Å². The van der Waals surface area contributed by atoms with Gasteiger partial charge in [-0.15, -0.1) is 0 Å². The van der Waals surface area contributed by atoms with E-state index in [9.17, 15) is 9.59 Å². The highest BCUT2D eigenvalue weighted by atomic mass is 16.5. The van der Waals surface area contributed by atoms with E-state index in [0.717, 1.165) is 6.42 Å². The van der Waals surface area contributed by atoms with Crippen molar-refractivity contribution in [2.24, 2.45) is 0 Å². The van der Waals surface area contributed by atoms with Crippen molar-refractivity contribution in [2.75, 3.05) is 6.61 Å². The Hall–Kier alpha value is -2.25. The highest BCUT2D eigenvalue weighted by Crippen LogP contribution is 1.98. The van der Waals surface area contributed by atoms with Crippen molar-refractivity contribution in [1.29, 1.82) is 0 Å². The van der Waals surface area contributed by atoms with E-state index in [2.05, 4.69) is 15.2 Å². The van der Waals surface area contributed by atoms with Gasteiger partial charge in [-0.2, -0.15) is 19.7 Å². The Labute approximate surface area is 102 Å². The van der Waals surface area contributed by atoms with Crippen molar-refractivity contribution in [2.45, 2.75) is 26.8 Å². The van der Waals surface area contributed by atoms with E-state index in [0.29, 0.717) is 12.3 Å². The van der Waals surface area contributed by atoms with E-state index >= 15 is 0 Å². The van der Waals surface area contributed by atoms with E-state index in [-0.39, 0.29) is 12.3 Å². The molecule has 2 rings (SSSR count).